The van der Waals surface area contributed by atoms with Crippen molar-refractivity contribution in [2.75, 3.05) is 20.2 Å². The molecule has 1 rings (SSSR count). The van der Waals surface area contributed by atoms with E-state index in [9.17, 15) is 15.0 Å². The van der Waals surface area contributed by atoms with Crippen LogP contribution in [0.3, 0.4) is 0 Å². The van der Waals surface area contributed by atoms with Gasteiger partial charge in [-0.05, 0) is 13.8 Å². The van der Waals surface area contributed by atoms with Gasteiger partial charge in [0, 0.05) is 20.2 Å². The number of methoxy groups -OCH3 is 1. The molecule has 1 amide bonds. The largest absolute Gasteiger partial charge is 0.388 e. The molecule has 1 aliphatic rings. The second-order valence-electron chi connectivity index (χ2n) is 4.06. The molecule has 0 aromatic rings. The first-order valence-electron chi connectivity index (χ1n) is 4.59. The van der Waals surface area contributed by atoms with Crippen LogP contribution in [-0.4, -0.2) is 59.0 Å². The zero-order valence-corrected chi connectivity index (χ0v) is 8.73. The Hall–Kier alpha value is -0.650. The normalized spacial score (nSPS) is 28.2. The Labute approximate surface area is 83.3 Å². The van der Waals surface area contributed by atoms with Crippen LogP contribution in [0, 0.1) is 0 Å². The minimum absolute atomic E-state index is 0.173. The van der Waals surface area contributed by atoms with Crippen LogP contribution in [0.4, 0.5) is 0 Å². The molecule has 82 valence electrons. The Bertz CT molecular complexity index is 219. The van der Waals surface area contributed by atoms with E-state index < -0.39 is 17.8 Å². The molecule has 0 spiro atoms. The fourth-order valence-corrected chi connectivity index (χ4v) is 1.40. The van der Waals surface area contributed by atoms with Crippen LogP contribution in [0.15, 0.2) is 0 Å². The van der Waals surface area contributed by atoms with Gasteiger partial charge in [0.05, 0.1) is 12.2 Å². The number of aliphatic hydroxyl groups is 2. The van der Waals surface area contributed by atoms with Crippen molar-refractivity contribution in [2.45, 2.75) is 31.7 Å². The SMILES string of the molecule is COC(C)(C)C(=O)N1C[C@@H](O)[C@@H](O)C1. The second-order valence-corrected chi connectivity index (χ2v) is 4.06. The second kappa shape index (κ2) is 3.84. The summed E-state index contributed by atoms with van der Waals surface area (Å²) < 4.78 is 5.03. The summed E-state index contributed by atoms with van der Waals surface area (Å²) in [5.41, 5.74) is -0.899. The smallest absolute Gasteiger partial charge is 0.254 e. The summed E-state index contributed by atoms with van der Waals surface area (Å²) in [4.78, 5) is 13.2. The Balaban J connectivity index is 2.64. The quantitative estimate of drug-likeness (QED) is 0.602. The van der Waals surface area contributed by atoms with Crippen LogP contribution < -0.4 is 0 Å². The Morgan fingerprint density at radius 3 is 2.14 bits per heavy atom. The van der Waals surface area contributed by atoms with E-state index in [4.69, 9.17) is 4.74 Å². The number of hydrogen-bond donors (Lipinski definition) is 2. The van der Waals surface area contributed by atoms with Crippen LogP contribution in [0.2, 0.25) is 0 Å². The number of rotatable bonds is 2. The zero-order valence-electron chi connectivity index (χ0n) is 8.73. The lowest BCUT2D eigenvalue weighted by atomic mass is 10.1. The van der Waals surface area contributed by atoms with Crippen LogP contribution >= 0.6 is 0 Å². The van der Waals surface area contributed by atoms with Gasteiger partial charge in [0.2, 0.25) is 0 Å². The third kappa shape index (κ3) is 2.05. The van der Waals surface area contributed by atoms with Gasteiger partial charge >= 0.3 is 0 Å². The number of carbonyl (C=O) groups excluding carboxylic acids is 1. The van der Waals surface area contributed by atoms with E-state index in [-0.39, 0.29) is 19.0 Å². The van der Waals surface area contributed by atoms with Gasteiger partial charge in [-0.3, -0.25) is 4.79 Å². The monoisotopic (exact) mass is 203 g/mol. The van der Waals surface area contributed by atoms with Crippen molar-refractivity contribution in [2.24, 2.45) is 0 Å². The molecule has 0 bridgehead atoms. The number of amides is 1. The summed E-state index contributed by atoms with van der Waals surface area (Å²) in [6.45, 7) is 3.67. The molecule has 0 aliphatic carbocycles. The van der Waals surface area contributed by atoms with E-state index in [2.05, 4.69) is 0 Å². The number of nitrogens with zero attached hydrogens (tertiary/aromatic N) is 1. The predicted molar refractivity (Wildman–Crippen MR) is 49.7 cm³/mol. The van der Waals surface area contributed by atoms with Gasteiger partial charge in [-0.1, -0.05) is 0 Å². The number of likely N-dealkylation sites (tertiary alicyclic amines) is 1. The van der Waals surface area contributed by atoms with E-state index in [0.29, 0.717) is 0 Å². The third-order valence-corrected chi connectivity index (χ3v) is 2.57. The van der Waals surface area contributed by atoms with Gasteiger partial charge in [-0.25, -0.2) is 0 Å². The van der Waals surface area contributed by atoms with Crippen molar-refractivity contribution >= 4 is 5.91 Å². The van der Waals surface area contributed by atoms with Crippen molar-refractivity contribution in [3.05, 3.63) is 0 Å². The van der Waals surface area contributed by atoms with Crippen molar-refractivity contribution in [1.29, 1.82) is 0 Å². The highest BCUT2D eigenvalue weighted by Gasteiger charge is 2.39. The van der Waals surface area contributed by atoms with Gasteiger partial charge in [-0.15, -0.1) is 0 Å². The van der Waals surface area contributed by atoms with Crippen LogP contribution in [0.1, 0.15) is 13.8 Å². The molecule has 5 nitrogen and oxygen atoms in total. The Morgan fingerprint density at radius 1 is 1.36 bits per heavy atom. The van der Waals surface area contributed by atoms with Crippen molar-refractivity contribution in [3.63, 3.8) is 0 Å². The molecule has 0 saturated carbocycles. The van der Waals surface area contributed by atoms with Gasteiger partial charge in [0.25, 0.3) is 5.91 Å². The van der Waals surface area contributed by atoms with Gasteiger partial charge in [0.15, 0.2) is 0 Å². The summed E-state index contributed by atoms with van der Waals surface area (Å²) >= 11 is 0. The minimum atomic E-state index is -0.899. The molecule has 0 unspecified atom stereocenters. The average molecular weight is 203 g/mol. The predicted octanol–water partition coefficient (Wildman–Crippen LogP) is -1.02. The zero-order chi connectivity index (χ0) is 10.9. The van der Waals surface area contributed by atoms with E-state index in [1.165, 1.54) is 12.0 Å². The third-order valence-electron chi connectivity index (χ3n) is 2.57. The van der Waals surface area contributed by atoms with Crippen LogP contribution in [-0.2, 0) is 9.53 Å². The van der Waals surface area contributed by atoms with E-state index >= 15 is 0 Å². The van der Waals surface area contributed by atoms with Crippen molar-refractivity contribution < 1.29 is 19.7 Å². The molecule has 1 aliphatic heterocycles. The van der Waals surface area contributed by atoms with E-state index in [1.807, 2.05) is 0 Å². The molecule has 0 radical (unpaired) electrons. The Kier molecular flexibility index (Phi) is 3.14. The van der Waals surface area contributed by atoms with Crippen LogP contribution in [0.5, 0.6) is 0 Å². The molecule has 0 aromatic heterocycles. The maximum Gasteiger partial charge on any atom is 0.254 e. The van der Waals surface area contributed by atoms with E-state index in [1.54, 1.807) is 13.8 Å². The number of carbonyl (C=O) groups is 1. The topological polar surface area (TPSA) is 70.0 Å². The van der Waals surface area contributed by atoms with Crippen LogP contribution in [0.25, 0.3) is 0 Å². The first-order chi connectivity index (χ1) is 6.38. The molecule has 14 heavy (non-hydrogen) atoms. The standard InChI is InChI=1S/C9H17NO4/c1-9(2,14-3)8(13)10-4-6(11)7(12)5-10/h6-7,11-12H,4-5H2,1-3H3/t6-,7+. The molecule has 2 N–H and O–H groups in total. The van der Waals surface area contributed by atoms with Gasteiger partial charge < -0.3 is 19.8 Å². The average Bonchev–Trinajstić information content (AvgIpc) is 2.45. The summed E-state index contributed by atoms with van der Waals surface area (Å²) in [6, 6.07) is 0. The fraction of sp³-hybridized carbons (Fsp3) is 0.889. The number of ether oxygens (including phenoxy) is 1. The maximum atomic E-state index is 11.8. The molecule has 1 heterocycles. The number of β-amino-alcohol motifs (C(OH)–C–C–N with tert-alkyl or cyclic N) is 2. The highest BCUT2D eigenvalue weighted by Crippen LogP contribution is 2.17. The highest BCUT2D eigenvalue weighted by molar-refractivity contribution is 5.84. The summed E-state index contributed by atoms with van der Waals surface area (Å²) in [5.74, 6) is -0.212. The highest BCUT2D eigenvalue weighted by atomic mass is 16.5. The van der Waals surface area contributed by atoms with Gasteiger partial charge in [0.1, 0.15) is 5.60 Å². The first kappa shape index (κ1) is 11.4. The Morgan fingerprint density at radius 2 is 1.79 bits per heavy atom. The lowest BCUT2D eigenvalue weighted by Crippen LogP contribution is -2.45. The molecule has 1 saturated heterocycles. The number of aliphatic hydroxyl groups excluding tert-OH is 2. The van der Waals surface area contributed by atoms with E-state index in [0.717, 1.165) is 0 Å². The first-order valence-corrected chi connectivity index (χ1v) is 4.59. The lowest BCUT2D eigenvalue weighted by Gasteiger charge is -2.27. The van der Waals surface area contributed by atoms with Crippen molar-refractivity contribution in [3.8, 4) is 0 Å². The molecular formula is C9H17NO4. The molecule has 0 aromatic carbocycles. The van der Waals surface area contributed by atoms with Gasteiger partial charge in [-0.2, -0.15) is 0 Å². The lowest BCUT2D eigenvalue weighted by molar-refractivity contribution is -0.150. The summed E-state index contributed by atoms with van der Waals surface area (Å²) in [6.07, 6.45) is -1.68. The maximum absolute atomic E-state index is 11.8. The number of hydrogen-bond acceptors (Lipinski definition) is 4. The fourth-order valence-electron chi connectivity index (χ4n) is 1.40. The summed E-state index contributed by atoms with van der Waals surface area (Å²) in [7, 11) is 1.46. The van der Waals surface area contributed by atoms with Crippen molar-refractivity contribution in [1.82, 2.24) is 4.90 Å². The molecule has 5 heteroatoms. The summed E-state index contributed by atoms with van der Waals surface area (Å²) in [5, 5.41) is 18.5. The molecule has 1 fully saturated rings. The minimum Gasteiger partial charge on any atom is -0.388 e. The molecular weight excluding hydrogens is 186 g/mol. The molecule has 2 atom stereocenters.